The van der Waals surface area contributed by atoms with Gasteiger partial charge in [-0.2, -0.15) is 4.31 Å². The molecule has 5 rings (SSSR count). The predicted octanol–water partition coefficient (Wildman–Crippen LogP) is 3.53. The van der Waals surface area contributed by atoms with E-state index in [0.29, 0.717) is 32.4 Å². The van der Waals surface area contributed by atoms with Crippen LogP contribution in [-0.2, 0) is 26.0 Å². The molecule has 41 heavy (non-hydrogen) atoms. The summed E-state index contributed by atoms with van der Waals surface area (Å²) in [5.41, 5.74) is 7.92. The van der Waals surface area contributed by atoms with E-state index in [2.05, 4.69) is 10.6 Å². The highest BCUT2D eigenvalue weighted by Crippen LogP contribution is 2.39. The van der Waals surface area contributed by atoms with Gasteiger partial charge in [-0.25, -0.2) is 17.2 Å². The van der Waals surface area contributed by atoms with Crippen LogP contribution in [0.25, 0.3) is 0 Å². The lowest BCUT2D eigenvalue weighted by Crippen LogP contribution is -2.57. The van der Waals surface area contributed by atoms with Gasteiger partial charge in [-0.15, -0.1) is 0 Å². The SMILES string of the molecule is C[C@@H]1CC(C(c2ccc(F)cc2)[C@H](N)C(=O)Nc2cccc(F)c2CC2CN[C@@H]3CCCS(=O)(=O)N2C3)C[C@H](C)O1. The molecule has 0 aliphatic carbocycles. The summed E-state index contributed by atoms with van der Waals surface area (Å²) < 4.78 is 62.4. The summed E-state index contributed by atoms with van der Waals surface area (Å²) in [7, 11) is -3.46. The third-order valence-corrected chi connectivity index (χ3v) is 10.7. The maximum absolute atomic E-state index is 15.3. The van der Waals surface area contributed by atoms with Crippen molar-refractivity contribution in [3.63, 3.8) is 0 Å². The second kappa shape index (κ2) is 12.4. The van der Waals surface area contributed by atoms with Gasteiger partial charge in [-0.1, -0.05) is 18.2 Å². The van der Waals surface area contributed by atoms with Crippen molar-refractivity contribution in [2.45, 2.75) is 82.2 Å². The maximum atomic E-state index is 15.3. The highest BCUT2D eigenvalue weighted by atomic mass is 32.2. The van der Waals surface area contributed by atoms with Gasteiger partial charge in [0, 0.05) is 42.3 Å². The summed E-state index contributed by atoms with van der Waals surface area (Å²) in [6.07, 6.45) is 2.82. The van der Waals surface area contributed by atoms with Crippen molar-refractivity contribution in [2.24, 2.45) is 11.7 Å². The number of carbonyl (C=O) groups excluding carboxylic acids is 1. The van der Waals surface area contributed by atoms with Gasteiger partial charge < -0.3 is 21.1 Å². The molecule has 0 spiro atoms. The number of nitrogens with zero attached hydrogens (tertiary/aromatic N) is 1. The van der Waals surface area contributed by atoms with Gasteiger partial charge in [0.2, 0.25) is 15.9 Å². The topological polar surface area (TPSA) is 114 Å². The molecule has 0 radical (unpaired) electrons. The molecule has 8 atom stereocenters. The van der Waals surface area contributed by atoms with Crippen molar-refractivity contribution in [3.8, 4) is 0 Å². The normalized spacial score (nSPS) is 31.0. The molecule has 3 fully saturated rings. The van der Waals surface area contributed by atoms with Crippen molar-refractivity contribution in [1.82, 2.24) is 9.62 Å². The number of hydrogen-bond acceptors (Lipinski definition) is 6. The number of nitrogens with two attached hydrogens (primary N) is 1. The van der Waals surface area contributed by atoms with Crippen LogP contribution in [0.4, 0.5) is 14.5 Å². The first-order valence-electron chi connectivity index (χ1n) is 14.5. The van der Waals surface area contributed by atoms with Crippen LogP contribution >= 0.6 is 0 Å². The highest BCUT2D eigenvalue weighted by molar-refractivity contribution is 7.89. The lowest BCUT2D eigenvalue weighted by Gasteiger charge is -2.39. The Hall–Kier alpha value is -2.44. The molecule has 0 saturated carbocycles. The number of halogens is 2. The molecule has 3 saturated heterocycles. The van der Waals surface area contributed by atoms with E-state index in [0.717, 1.165) is 12.0 Å². The van der Waals surface area contributed by atoms with Gasteiger partial charge in [-0.05, 0) is 81.7 Å². The van der Waals surface area contributed by atoms with E-state index in [1.54, 1.807) is 18.2 Å². The third-order valence-electron chi connectivity index (χ3n) is 8.76. The Kier molecular flexibility index (Phi) is 9.10. The first-order valence-corrected chi connectivity index (χ1v) is 16.1. The Morgan fingerprint density at radius 3 is 2.56 bits per heavy atom. The molecular formula is C30H40F2N4O4S. The molecule has 224 valence electrons. The molecule has 0 aromatic heterocycles. The van der Waals surface area contributed by atoms with Crippen molar-refractivity contribution in [3.05, 3.63) is 65.2 Å². The maximum Gasteiger partial charge on any atom is 0.241 e. The molecule has 3 aliphatic rings. The van der Waals surface area contributed by atoms with E-state index in [-0.39, 0.29) is 53.4 Å². The molecule has 8 nitrogen and oxygen atoms in total. The summed E-state index contributed by atoms with van der Waals surface area (Å²) in [5, 5.41) is 6.26. The number of rotatable bonds is 7. The van der Waals surface area contributed by atoms with Crippen molar-refractivity contribution >= 4 is 21.6 Å². The number of nitrogens with one attached hydrogen (secondary N) is 2. The van der Waals surface area contributed by atoms with Crippen LogP contribution in [0.1, 0.15) is 56.6 Å². The first-order chi connectivity index (χ1) is 19.5. The molecule has 3 aliphatic heterocycles. The molecule has 11 heteroatoms. The highest BCUT2D eigenvalue weighted by Gasteiger charge is 2.40. The molecule has 2 aromatic rings. The minimum absolute atomic E-state index is 0.0152. The summed E-state index contributed by atoms with van der Waals surface area (Å²) in [5.74, 6) is -1.70. The largest absolute Gasteiger partial charge is 0.376 e. The fourth-order valence-electron chi connectivity index (χ4n) is 6.88. The number of hydrogen-bond donors (Lipinski definition) is 3. The molecule has 3 heterocycles. The predicted molar refractivity (Wildman–Crippen MR) is 154 cm³/mol. The van der Waals surface area contributed by atoms with Gasteiger partial charge in [-0.3, -0.25) is 4.79 Å². The van der Waals surface area contributed by atoms with E-state index in [1.165, 1.54) is 28.6 Å². The van der Waals surface area contributed by atoms with Gasteiger partial charge in [0.1, 0.15) is 11.6 Å². The van der Waals surface area contributed by atoms with Gasteiger partial charge in [0.15, 0.2) is 0 Å². The number of piperazine rings is 1. The molecular weight excluding hydrogens is 550 g/mol. The van der Waals surface area contributed by atoms with Gasteiger partial charge in [0.05, 0.1) is 24.0 Å². The first kappa shape index (κ1) is 30.0. The minimum atomic E-state index is -3.46. The summed E-state index contributed by atoms with van der Waals surface area (Å²) >= 11 is 0. The summed E-state index contributed by atoms with van der Waals surface area (Å²) in [6, 6.07) is 9.10. The Labute approximate surface area is 241 Å². The Morgan fingerprint density at radius 2 is 1.85 bits per heavy atom. The minimum Gasteiger partial charge on any atom is -0.376 e. The zero-order valence-electron chi connectivity index (χ0n) is 23.6. The number of fused-ring (bicyclic) bond motifs is 2. The zero-order chi connectivity index (χ0) is 29.3. The van der Waals surface area contributed by atoms with Crippen LogP contribution in [0.3, 0.4) is 0 Å². The summed E-state index contributed by atoms with van der Waals surface area (Å²) in [4.78, 5) is 13.7. The van der Waals surface area contributed by atoms with Crippen LogP contribution in [0.5, 0.6) is 0 Å². The second-order valence-electron chi connectivity index (χ2n) is 11.8. The molecule has 2 aromatic carbocycles. The fourth-order valence-corrected chi connectivity index (χ4v) is 8.65. The van der Waals surface area contributed by atoms with Crippen molar-refractivity contribution < 1.29 is 26.7 Å². The van der Waals surface area contributed by atoms with Crippen LogP contribution in [0, 0.1) is 17.6 Å². The van der Waals surface area contributed by atoms with Crippen molar-refractivity contribution in [1.29, 1.82) is 0 Å². The van der Waals surface area contributed by atoms with Gasteiger partial charge >= 0.3 is 0 Å². The number of carbonyl (C=O) groups is 1. The monoisotopic (exact) mass is 590 g/mol. The number of benzene rings is 2. The van der Waals surface area contributed by atoms with Crippen molar-refractivity contribution in [2.75, 3.05) is 24.2 Å². The Morgan fingerprint density at radius 1 is 1.15 bits per heavy atom. The average molecular weight is 591 g/mol. The lowest BCUT2D eigenvalue weighted by molar-refractivity contribution is -0.119. The molecule has 1 amide bonds. The second-order valence-corrected chi connectivity index (χ2v) is 13.9. The fraction of sp³-hybridized carbons (Fsp3) is 0.567. The number of sulfonamides is 1. The third kappa shape index (κ3) is 6.80. The molecule has 4 N–H and O–H groups in total. The van der Waals surface area contributed by atoms with Crippen LogP contribution in [0.2, 0.25) is 0 Å². The van der Waals surface area contributed by atoms with Crippen LogP contribution < -0.4 is 16.4 Å². The lowest BCUT2D eigenvalue weighted by atomic mass is 9.74. The van der Waals surface area contributed by atoms with Crippen LogP contribution in [-0.4, -0.2) is 67.8 Å². The smallest absolute Gasteiger partial charge is 0.241 e. The van der Waals surface area contributed by atoms with E-state index in [4.69, 9.17) is 10.5 Å². The Bertz CT molecular complexity index is 1330. The number of anilines is 1. The molecule has 2 bridgehead atoms. The van der Waals surface area contributed by atoms with Gasteiger partial charge in [0.25, 0.3) is 0 Å². The van der Waals surface area contributed by atoms with E-state index < -0.39 is 39.7 Å². The summed E-state index contributed by atoms with van der Waals surface area (Å²) in [6.45, 7) is 4.73. The molecule has 4 unspecified atom stereocenters. The quantitative estimate of drug-likeness (QED) is 0.455. The average Bonchev–Trinajstić information content (AvgIpc) is 3.03. The van der Waals surface area contributed by atoms with E-state index >= 15 is 4.39 Å². The zero-order valence-corrected chi connectivity index (χ0v) is 24.4. The number of ether oxygens (including phenoxy) is 1. The van der Waals surface area contributed by atoms with Crippen LogP contribution in [0.15, 0.2) is 42.5 Å². The van der Waals surface area contributed by atoms with E-state index in [1.807, 2.05) is 13.8 Å². The standard InChI is InChI=1S/C30H40F2N4O4S/c1-18-13-21(14-19(2)40-18)28(20-8-10-22(31)11-9-20)29(33)30(37)35-27-7-3-6-26(32)25(27)15-24-16-34-23-5-4-12-41(38,39)36(24)17-23/h3,6-11,18-19,21,23-24,28-29,34H,4-5,12-17,33H2,1-2H3,(H,35,37)/t18-,19+,21?,23-,24?,28?,29+/m1/s1. The Balaban J connectivity index is 1.39. The number of amides is 1. The van der Waals surface area contributed by atoms with E-state index in [9.17, 15) is 17.6 Å².